The van der Waals surface area contributed by atoms with Crippen LogP contribution in [-0.2, 0) is 9.53 Å². The number of nitrogens with two attached hydrogens (primary N) is 1. The van der Waals surface area contributed by atoms with Gasteiger partial charge in [-0.1, -0.05) is 34.8 Å². The third kappa shape index (κ3) is 4.11. The van der Waals surface area contributed by atoms with E-state index in [9.17, 15) is 9.59 Å². The Kier molecular flexibility index (Phi) is 5.93. The molecular weight excluding hydrogens is 381 g/mol. The molecule has 0 fully saturated rings. The smallest absolute Gasteiger partial charge is 0.359 e. The zero-order valence-corrected chi connectivity index (χ0v) is 14.6. The lowest BCUT2D eigenvalue weighted by Crippen LogP contribution is -2.31. The fourth-order valence-corrected chi connectivity index (χ4v) is 2.34. The van der Waals surface area contributed by atoms with Gasteiger partial charge in [-0.15, -0.1) is 0 Å². The van der Waals surface area contributed by atoms with Crippen LogP contribution in [0.4, 0.5) is 5.69 Å². The van der Waals surface area contributed by atoms with Gasteiger partial charge in [-0.3, -0.25) is 4.79 Å². The van der Waals surface area contributed by atoms with E-state index in [2.05, 4.69) is 10.3 Å². The number of carbonyl (C=O) groups excluding carboxylic acids is 2. The van der Waals surface area contributed by atoms with Gasteiger partial charge in [0, 0.05) is 0 Å². The van der Waals surface area contributed by atoms with Gasteiger partial charge in [0.15, 0.2) is 17.5 Å². The minimum atomic E-state index is -0.953. The van der Waals surface area contributed by atoms with Crippen molar-refractivity contribution in [1.82, 2.24) is 10.3 Å². The van der Waals surface area contributed by atoms with Crippen LogP contribution in [0.5, 0.6) is 0 Å². The average Bonchev–Trinajstić information content (AvgIpc) is 3.08. The van der Waals surface area contributed by atoms with Gasteiger partial charge in [-0.05, 0) is 19.1 Å². The quantitative estimate of drug-likeness (QED) is 0.597. The van der Waals surface area contributed by atoms with Crippen LogP contribution in [0.3, 0.4) is 0 Å². The normalized spacial score (nSPS) is 11.8. The van der Waals surface area contributed by atoms with Crippen molar-refractivity contribution in [2.24, 2.45) is 0 Å². The van der Waals surface area contributed by atoms with E-state index in [1.165, 1.54) is 6.26 Å². The van der Waals surface area contributed by atoms with Crippen molar-refractivity contribution < 1.29 is 18.7 Å². The number of esters is 1. The van der Waals surface area contributed by atoms with Gasteiger partial charge in [0.2, 0.25) is 0 Å². The first-order valence-electron chi connectivity index (χ1n) is 6.61. The molecule has 0 spiro atoms. The molecule has 1 amide bonds. The van der Waals surface area contributed by atoms with Gasteiger partial charge < -0.3 is 20.2 Å². The predicted molar refractivity (Wildman–Crippen MR) is 89.2 cm³/mol. The molecule has 2 rings (SSSR count). The number of nitrogen functional groups attached to an aromatic ring is 1. The van der Waals surface area contributed by atoms with Crippen LogP contribution in [0.25, 0.3) is 0 Å². The monoisotopic (exact) mass is 391 g/mol. The van der Waals surface area contributed by atoms with Crippen molar-refractivity contribution in [3.05, 3.63) is 45.0 Å². The topological polar surface area (TPSA) is 107 Å². The van der Waals surface area contributed by atoms with E-state index in [1.54, 1.807) is 19.1 Å². The Morgan fingerprint density at radius 1 is 1.38 bits per heavy atom. The molecule has 0 aromatic carbocycles. The van der Waals surface area contributed by atoms with E-state index in [-0.39, 0.29) is 32.6 Å². The van der Waals surface area contributed by atoms with Gasteiger partial charge >= 0.3 is 5.97 Å². The van der Waals surface area contributed by atoms with E-state index < -0.39 is 18.5 Å². The summed E-state index contributed by atoms with van der Waals surface area (Å²) in [5.41, 5.74) is 5.19. The molecule has 128 valence electrons. The highest BCUT2D eigenvalue weighted by Crippen LogP contribution is 2.34. The molecule has 1 atom stereocenters. The van der Waals surface area contributed by atoms with Crippen molar-refractivity contribution in [3.63, 3.8) is 0 Å². The van der Waals surface area contributed by atoms with Gasteiger partial charge in [0.25, 0.3) is 5.91 Å². The number of amides is 1. The lowest BCUT2D eigenvalue weighted by atomic mass is 10.2. The van der Waals surface area contributed by atoms with Gasteiger partial charge in [-0.2, -0.15) is 0 Å². The molecule has 0 aliphatic carbocycles. The second kappa shape index (κ2) is 7.74. The molecule has 0 saturated carbocycles. The number of furan rings is 1. The average molecular weight is 393 g/mol. The Morgan fingerprint density at radius 3 is 2.71 bits per heavy atom. The molecule has 7 nitrogen and oxygen atoms in total. The second-order valence-corrected chi connectivity index (χ2v) is 5.79. The number of hydrogen-bond donors (Lipinski definition) is 2. The Hall–Kier alpha value is -1.96. The summed E-state index contributed by atoms with van der Waals surface area (Å²) in [7, 11) is 0. The molecular formula is C14H12Cl3N3O4. The number of aromatic nitrogens is 1. The van der Waals surface area contributed by atoms with Crippen LogP contribution in [0, 0.1) is 0 Å². The van der Waals surface area contributed by atoms with Crippen LogP contribution < -0.4 is 11.1 Å². The minimum Gasteiger partial charge on any atom is -0.467 e. The number of halogens is 3. The number of nitrogens with zero attached hydrogens (tertiary/aromatic N) is 1. The Balaban J connectivity index is 1.97. The number of pyridine rings is 1. The molecule has 0 bridgehead atoms. The van der Waals surface area contributed by atoms with Crippen LogP contribution in [0.15, 0.2) is 22.8 Å². The Labute approximate surface area is 152 Å². The molecule has 0 aliphatic heterocycles. The number of anilines is 1. The fourth-order valence-electron chi connectivity index (χ4n) is 1.76. The first-order valence-corrected chi connectivity index (χ1v) is 7.74. The third-order valence-corrected chi connectivity index (χ3v) is 4.08. The molecule has 0 radical (unpaired) electrons. The van der Waals surface area contributed by atoms with Crippen molar-refractivity contribution in [1.29, 1.82) is 0 Å². The van der Waals surface area contributed by atoms with E-state index in [0.717, 1.165) is 0 Å². The number of carbonyl (C=O) groups is 2. The number of nitrogens with one attached hydrogen (secondary N) is 1. The maximum atomic E-state index is 12.0. The van der Waals surface area contributed by atoms with E-state index in [1.807, 2.05) is 0 Å². The largest absolute Gasteiger partial charge is 0.467 e. The predicted octanol–water partition coefficient (Wildman–Crippen LogP) is 3.25. The summed E-state index contributed by atoms with van der Waals surface area (Å²) in [6, 6.07) is 3.02. The number of ether oxygens (including phenoxy) is 1. The first kappa shape index (κ1) is 18.4. The molecule has 10 heteroatoms. The molecule has 0 saturated heterocycles. The summed E-state index contributed by atoms with van der Waals surface area (Å²) in [6.45, 7) is 1.18. The first-order chi connectivity index (χ1) is 11.3. The van der Waals surface area contributed by atoms with Crippen LogP contribution in [-0.4, -0.2) is 23.5 Å². The molecule has 24 heavy (non-hydrogen) atoms. The summed E-state index contributed by atoms with van der Waals surface area (Å²) in [5, 5.41) is 2.15. The van der Waals surface area contributed by atoms with Crippen LogP contribution >= 0.6 is 34.8 Å². The van der Waals surface area contributed by atoms with Crippen molar-refractivity contribution in [2.45, 2.75) is 13.0 Å². The van der Waals surface area contributed by atoms with Crippen molar-refractivity contribution in [3.8, 4) is 0 Å². The summed E-state index contributed by atoms with van der Waals surface area (Å²) in [5.74, 6) is -0.917. The summed E-state index contributed by atoms with van der Waals surface area (Å²) in [6.07, 6.45) is 1.49. The van der Waals surface area contributed by atoms with Crippen molar-refractivity contribution in [2.75, 3.05) is 12.3 Å². The molecule has 2 aromatic heterocycles. The maximum absolute atomic E-state index is 12.0. The van der Waals surface area contributed by atoms with Gasteiger partial charge in [-0.25, -0.2) is 9.78 Å². The lowest BCUT2D eigenvalue weighted by Gasteiger charge is -2.12. The number of rotatable bonds is 5. The van der Waals surface area contributed by atoms with Gasteiger partial charge in [0.1, 0.15) is 10.8 Å². The second-order valence-electron chi connectivity index (χ2n) is 4.67. The highest BCUT2D eigenvalue weighted by molar-refractivity contribution is 6.46. The highest BCUT2D eigenvalue weighted by atomic mass is 35.5. The zero-order valence-electron chi connectivity index (χ0n) is 12.3. The van der Waals surface area contributed by atoms with E-state index in [0.29, 0.717) is 5.76 Å². The van der Waals surface area contributed by atoms with Crippen molar-refractivity contribution >= 4 is 52.4 Å². The molecule has 0 aliphatic rings. The highest BCUT2D eigenvalue weighted by Gasteiger charge is 2.22. The zero-order chi connectivity index (χ0) is 17.9. The SMILES string of the molecule is C[C@H](NC(=O)COC(=O)c1nc(Cl)c(Cl)c(N)c1Cl)c1ccco1. The van der Waals surface area contributed by atoms with E-state index >= 15 is 0 Å². The summed E-state index contributed by atoms with van der Waals surface area (Å²) in [4.78, 5) is 27.5. The Bertz CT molecular complexity index is 765. The summed E-state index contributed by atoms with van der Waals surface area (Å²) < 4.78 is 10.0. The van der Waals surface area contributed by atoms with Crippen LogP contribution in [0.2, 0.25) is 15.2 Å². The third-order valence-electron chi connectivity index (χ3n) is 2.95. The molecule has 2 heterocycles. The lowest BCUT2D eigenvalue weighted by molar-refractivity contribution is -0.125. The molecule has 2 aromatic rings. The number of hydrogen-bond acceptors (Lipinski definition) is 6. The molecule has 3 N–H and O–H groups in total. The van der Waals surface area contributed by atoms with Crippen LogP contribution in [0.1, 0.15) is 29.2 Å². The maximum Gasteiger partial charge on any atom is 0.359 e. The fraction of sp³-hybridized carbons (Fsp3) is 0.214. The Morgan fingerprint density at radius 2 is 2.08 bits per heavy atom. The molecule has 0 unspecified atom stereocenters. The standard InChI is InChI=1S/C14H12Cl3N3O4/c1-6(7-3-2-4-23-7)19-8(21)5-24-14(22)12-9(15)11(18)10(16)13(17)20-12/h2-4,6H,5H2,1H3,(H2,18,20)(H,19,21)/t6-/m0/s1. The minimum absolute atomic E-state index is 0.0665. The van der Waals surface area contributed by atoms with Gasteiger partial charge in [0.05, 0.1) is 23.0 Å². The summed E-state index contributed by atoms with van der Waals surface area (Å²) >= 11 is 17.4. The van der Waals surface area contributed by atoms with E-state index in [4.69, 9.17) is 49.7 Å².